The summed E-state index contributed by atoms with van der Waals surface area (Å²) in [4.78, 5) is 2.50. The zero-order valence-electron chi connectivity index (χ0n) is 10.5. The first-order valence-electron chi connectivity index (χ1n) is 6.02. The highest BCUT2D eigenvalue weighted by molar-refractivity contribution is 9.10. The van der Waals surface area contributed by atoms with Crippen molar-refractivity contribution in [1.29, 1.82) is 0 Å². The molecule has 0 spiro atoms. The molecule has 0 aliphatic carbocycles. The van der Waals surface area contributed by atoms with Gasteiger partial charge in [-0.1, -0.05) is 33.6 Å². The quantitative estimate of drug-likeness (QED) is 0.891. The molecule has 1 aromatic carbocycles. The van der Waals surface area contributed by atoms with Gasteiger partial charge in [0.1, 0.15) is 0 Å². The number of likely N-dealkylation sites (tertiary alicyclic amines) is 1. The van der Waals surface area contributed by atoms with E-state index in [1.54, 1.807) is 0 Å². The molecule has 0 saturated carbocycles. The third-order valence-electron chi connectivity index (χ3n) is 3.32. The van der Waals surface area contributed by atoms with Gasteiger partial charge in [0.25, 0.3) is 0 Å². The van der Waals surface area contributed by atoms with Crippen molar-refractivity contribution in [2.45, 2.75) is 25.4 Å². The zero-order valence-corrected chi connectivity index (χ0v) is 13.6. The van der Waals surface area contributed by atoms with Gasteiger partial charge in [-0.2, -0.15) is 0 Å². The van der Waals surface area contributed by atoms with Gasteiger partial charge < -0.3 is 5.32 Å². The minimum atomic E-state index is 0. The third-order valence-corrected chi connectivity index (χ3v) is 4.30. The Morgan fingerprint density at radius 2 is 2.28 bits per heavy atom. The second-order valence-electron chi connectivity index (χ2n) is 4.60. The Balaban J connectivity index is 0.00000162. The highest BCUT2D eigenvalue weighted by Gasteiger charge is 2.18. The van der Waals surface area contributed by atoms with E-state index in [2.05, 4.69) is 32.2 Å². The van der Waals surface area contributed by atoms with Crippen molar-refractivity contribution in [2.75, 3.05) is 20.1 Å². The third kappa shape index (κ3) is 4.39. The van der Waals surface area contributed by atoms with Crippen molar-refractivity contribution < 1.29 is 0 Å². The molecule has 102 valence electrons. The molecular formula is C13H19BrCl2N2. The summed E-state index contributed by atoms with van der Waals surface area (Å²) in [5.74, 6) is 0. The van der Waals surface area contributed by atoms with Crippen LogP contribution < -0.4 is 5.32 Å². The zero-order chi connectivity index (χ0) is 12.3. The minimum Gasteiger partial charge on any atom is -0.316 e. The van der Waals surface area contributed by atoms with Gasteiger partial charge in [-0.05, 0) is 44.1 Å². The van der Waals surface area contributed by atoms with Crippen molar-refractivity contribution in [3.63, 3.8) is 0 Å². The first kappa shape index (κ1) is 16.3. The number of hydrogen-bond donors (Lipinski definition) is 1. The Morgan fingerprint density at radius 1 is 1.50 bits per heavy atom. The van der Waals surface area contributed by atoms with Gasteiger partial charge in [0, 0.05) is 28.6 Å². The number of halogens is 3. The molecule has 1 saturated heterocycles. The van der Waals surface area contributed by atoms with Gasteiger partial charge in [-0.15, -0.1) is 12.4 Å². The fourth-order valence-electron chi connectivity index (χ4n) is 2.33. The lowest BCUT2D eigenvalue weighted by atomic mass is 10.1. The van der Waals surface area contributed by atoms with E-state index in [-0.39, 0.29) is 12.4 Å². The highest BCUT2D eigenvalue weighted by atomic mass is 79.9. The Kier molecular flexibility index (Phi) is 6.96. The summed E-state index contributed by atoms with van der Waals surface area (Å²) in [7, 11) is 2.05. The molecule has 2 rings (SSSR count). The van der Waals surface area contributed by atoms with Crippen LogP contribution in [0.4, 0.5) is 0 Å². The lowest BCUT2D eigenvalue weighted by molar-refractivity contribution is 0.187. The van der Waals surface area contributed by atoms with Crippen molar-refractivity contribution >= 4 is 39.9 Å². The van der Waals surface area contributed by atoms with E-state index < -0.39 is 0 Å². The van der Waals surface area contributed by atoms with Crippen molar-refractivity contribution in [3.8, 4) is 0 Å². The molecule has 18 heavy (non-hydrogen) atoms. The lowest BCUT2D eigenvalue weighted by Crippen LogP contribution is -2.43. The van der Waals surface area contributed by atoms with E-state index in [0.717, 1.165) is 22.6 Å². The summed E-state index contributed by atoms with van der Waals surface area (Å²) >= 11 is 9.53. The second-order valence-corrected chi connectivity index (χ2v) is 5.89. The molecule has 0 radical (unpaired) electrons. The van der Waals surface area contributed by atoms with E-state index >= 15 is 0 Å². The lowest BCUT2D eigenvalue weighted by Gasteiger charge is -2.32. The van der Waals surface area contributed by atoms with Crippen LogP contribution in [0.1, 0.15) is 18.4 Å². The predicted molar refractivity (Wildman–Crippen MR) is 83.8 cm³/mol. The SMILES string of the molecule is CNC1CCCN(Cc2ccc(Cl)cc2Br)C1.Cl. The van der Waals surface area contributed by atoms with Crippen LogP contribution in [0.25, 0.3) is 0 Å². The molecule has 1 heterocycles. The van der Waals surface area contributed by atoms with Gasteiger partial charge >= 0.3 is 0 Å². The van der Waals surface area contributed by atoms with E-state index in [1.165, 1.54) is 24.9 Å². The van der Waals surface area contributed by atoms with Gasteiger partial charge in [0.15, 0.2) is 0 Å². The molecular weight excluding hydrogens is 335 g/mol. The first-order valence-corrected chi connectivity index (χ1v) is 7.19. The summed E-state index contributed by atoms with van der Waals surface area (Å²) in [6.45, 7) is 3.31. The number of nitrogens with zero attached hydrogens (tertiary/aromatic N) is 1. The first-order chi connectivity index (χ1) is 8.19. The molecule has 5 heteroatoms. The molecule has 0 aromatic heterocycles. The monoisotopic (exact) mass is 352 g/mol. The van der Waals surface area contributed by atoms with E-state index in [9.17, 15) is 0 Å². The Morgan fingerprint density at radius 3 is 2.94 bits per heavy atom. The van der Waals surface area contributed by atoms with Crippen molar-refractivity contribution in [1.82, 2.24) is 10.2 Å². The predicted octanol–water partition coefficient (Wildman–Crippen LogP) is 3.71. The van der Waals surface area contributed by atoms with E-state index in [0.29, 0.717) is 6.04 Å². The Bertz CT molecular complexity index is 387. The average molecular weight is 354 g/mol. The van der Waals surface area contributed by atoms with Crippen LogP contribution >= 0.6 is 39.9 Å². The maximum absolute atomic E-state index is 5.95. The highest BCUT2D eigenvalue weighted by Crippen LogP contribution is 2.24. The van der Waals surface area contributed by atoms with Gasteiger partial charge in [-0.3, -0.25) is 4.90 Å². The molecule has 1 unspecified atom stereocenters. The molecule has 0 amide bonds. The summed E-state index contributed by atoms with van der Waals surface area (Å²) < 4.78 is 1.11. The van der Waals surface area contributed by atoms with E-state index in [1.807, 2.05) is 19.2 Å². The minimum absolute atomic E-state index is 0. The number of rotatable bonds is 3. The van der Waals surface area contributed by atoms with Gasteiger partial charge in [0.2, 0.25) is 0 Å². The molecule has 2 nitrogen and oxygen atoms in total. The van der Waals surface area contributed by atoms with E-state index in [4.69, 9.17) is 11.6 Å². The summed E-state index contributed by atoms with van der Waals surface area (Å²) in [5.41, 5.74) is 1.31. The molecule has 1 aliphatic heterocycles. The van der Waals surface area contributed by atoms with Crippen LogP contribution in [0, 0.1) is 0 Å². The maximum atomic E-state index is 5.95. The van der Waals surface area contributed by atoms with Crippen LogP contribution in [-0.2, 0) is 6.54 Å². The Hall–Kier alpha value is 0.200. The largest absolute Gasteiger partial charge is 0.316 e. The number of nitrogens with one attached hydrogen (secondary N) is 1. The summed E-state index contributed by atoms with van der Waals surface area (Å²) in [6.07, 6.45) is 2.56. The number of likely N-dealkylation sites (N-methyl/N-ethyl adjacent to an activating group) is 1. The van der Waals surface area contributed by atoms with Crippen LogP contribution in [0.2, 0.25) is 5.02 Å². The standard InChI is InChI=1S/C13H18BrClN2.ClH/c1-16-12-3-2-6-17(9-12)8-10-4-5-11(15)7-13(10)14;/h4-5,7,12,16H,2-3,6,8-9H2,1H3;1H. The van der Waals surface area contributed by atoms with Crippen LogP contribution in [0.15, 0.2) is 22.7 Å². The average Bonchev–Trinajstić information content (AvgIpc) is 2.33. The Labute approximate surface area is 129 Å². The van der Waals surface area contributed by atoms with Gasteiger partial charge in [0.05, 0.1) is 0 Å². The van der Waals surface area contributed by atoms with Crippen molar-refractivity contribution in [2.24, 2.45) is 0 Å². The van der Waals surface area contributed by atoms with Crippen LogP contribution in [-0.4, -0.2) is 31.1 Å². The molecule has 0 bridgehead atoms. The van der Waals surface area contributed by atoms with Gasteiger partial charge in [-0.25, -0.2) is 0 Å². The number of benzene rings is 1. The normalized spacial score (nSPS) is 20.5. The molecule has 1 aliphatic rings. The number of piperidine rings is 1. The fourth-order valence-corrected chi connectivity index (χ4v) is 3.13. The molecule has 1 N–H and O–H groups in total. The molecule has 1 aromatic rings. The maximum Gasteiger partial charge on any atom is 0.0417 e. The molecule has 1 atom stereocenters. The smallest absolute Gasteiger partial charge is 0.0417 e. The van der Waals surface area contributed by atoms with Crippen LogP contribution in [0.3, 0.4) is 0 Å². The molecule has 1 fully saturated rings. The second kappa shape index (κ2) is 7.71. The summed E-state index contributed by atoms with van der Waals surface area (Å²) in [6, 6.07) is 6.67. The fraction of sp³-hybridized carbons (Fsp3) is 0.538. The van der Waals surface area contributed by atoms with Crippen molar-refractivity contribution in [3.05, 3.63) is 33.3 Å². The number of hydrogen-bond acceptors (Lipinski definition) is 2. The topological polar surface area (TPSA) is 15.3 Å². The van der Waals surface area contributed by atoms with Crippen LogP contribution in [0.5, 0.6) is 0 Å². The summed E-state index contributed by atoms with van der Waals surface area (Å²) in [5, 5.41) is 4.15.